The summed E-state index contributed by atoms with van der Waals surface area (Å²) < 4.78 is 0.673. The third kappa shape index (κ3) is 14.4. The number of hydrogen-bond donors (Lipinski definition) is 0. The maximum Gasteiger partial charge on any atom is 0.0839 e. The van der Waals surface area contributed by atoms with Gasteiger partial charge in [0.1, 0.15) is 0 Å². The highest BCUT2D eigenvalue weighted by Crippen LogP contribution is 2.25. The number of hydrogen-bond acceptors (Lipinski definition) is 1. The Morgan fingerprint density at radius 2 is 1.13 bits per heavy atom. The molecule has 0 aromatic heterocycles. The van der Waals surface area contributed by atoms with Crippen molar-refractivity contribution in [2.24, 2.45) is 11.8 Å². The standard InChI is InChI=1S/C21H41ClS/c1-4-6-7-8-9-10-11-12-13-14-15-16-17-18-20(5-2)19(3)21(22)23/h19-20H,4-18H2,1-3H3. The molecular formula is C21H41ClS. The van der Waals surface area contributed by atoms with Crippen LogP contribution >= 0.6 is 23.8 Å². The van der Waals surface area contributed by atoms with Crippen LogP contribution in [0.3, 0.4) is 0 Å². The van der Waals surface area contributed by atoms with E-state index in [0.29, 0.717) is 16.2 Å². The zero-order valence-corrected chi connectivity index (χ0v) is 17.6. The van der Waals surface area contributed by atoms with Crippen molar-refractivity contribution in [2.45, 2.75) is 117 Å². The highest BCUT2D eigenvalue weighted by molar-refractivity contribution is 7.83. The Kier molecular flexibility index (Phi) is 17.5. The molecule has 0 aromatic rings. The van der Waals surface area contributed by atoms with Gasteiger partial charge in [-0.1, -0.05) is 134 Å². The normalized spacial score (nSPS) is 13.9. The van der Waals surface area contributed by atoms with Gasteiger partial charge in [0, 0.05) is 5.92 Å². The van der Waals surface area contributed by atoms with Crippen LogP contribution in [0.2, 0.25) is 0 Å². The molecule has 2 atom stereocenters. The Balaban J connectivity index is 3.31. The van der Waals surface area contributed by atoms with Gasteiger partial charge in [-0.05, 0) is 12.3 Å². The van der Waals surface area contributed by atoms with Crippen LogP contribution in [0.15, 0.2) is 0 Å². The predicted octanol–water partition coefficient (Wildman–Crippen LogP) is 8.70. The molecule has 0 aliphatic carbocycles. The van der Waals surface area contributed by atoms with E-state index >= 15 is 0 Å². The van der Waals surface area contributed by atoms with Crippen molar-refractivity contribution in [3.05, 3.63) is 0 Å². The second-order valence-electron chi connectivity index (χ2n) is 7.29. The van der Waals surface area contributed by atoms with Crippen LogP contribution in [0, 0.1) is 11.8 Å². The van der Waals surface area contributed by atoms with E-state index < -0.39 is 0 Å². The van der Waals surface area contributed by atoms with Crippen LogP contribution < -0.4 is 0 Å². The molecule has 0 nitrogen and oxygen atoms in total. The first-order valence-electron chi connectivity index (χ1n) is 10.3. The third-order valence-corrected chi connectivity index (χ3v) is 5.98. The molecule has 23 heavy (non-hydrogen) atoms. The summed E-state index contributed by atoms with van der Waals surface area (Å²) in [5, 5.41) is 0. The summed E-state index contributed by atoms with van der Waals surface area (Å²) in [5.74, 6) is 1.08. The van der Waals surface area contributed by atoms with E-state index in [1.807, 2.05) is 0 Å². The molecule has 0 fully saturated rings. The van der Waals surface area contributed by atoms with Crippen molar-refractivity contribution in [2.75, 3.05) is 0 Å². The lowest BCUT2D eigenvalue weighted by Crippen LogP contribution is -2.15. The number of rotatable bonds is 17. The molecule has 0 spiro atoms. The van der Waals surface area contributed by atoms with Crippen molar-refractivity contribution in [3.63, 3.8) is 0 Å². The quantitative estimate of drug-likeness (QED) is 0.142. The maximum atomic E-state index is 5.99. The molecule has 0 amide bonds. The topological polar surface area (TPSA) is 0 Å². The van der Waals surface area contributed by atoms with Gasteiger partial charge in [-0.15, -0.1) is 0 Å². The van der Waals surface area contributed by atoms with Gasteiger partial charge in [-0.2, -0.15) is 0 Å². The highest BCUT2D eigenvalue weighted by atomic mass is 35.5. The second kappa shape index (κ2) is 17.2. The average Bonchev–Trinajstić information content (AvgIpc) is 2.54. The zero-order valence-electron chi connectivity index (χ0n) is 16.0. The SMILES string of the molecule is CCCCCCCCCCCCCCCC(CC)C(C)C(=S)Cl. The van der Waals surface area contributed by atoms with E-state index in [1.165, 1.54) is 96.3 Å². The fourth-order valence-electron chi connectivity index (χ4n) is 3.42. The van der Waals surface area contributed by atoms with Gasteiger partial charge in [0.15, 0.2) is 0 Å². The Hall–Kier alpha value is 0.380. The van der Waals surface area contributed by atoms with Crippen LogP contribution in [-0.4, -0.2) is 4.32 Å². The van der Waals surface area contributed by atoms with Crippen LogP contribution in [0.4, 0.5) is 0 Å². The molecule has 2 unspecified atom stereocenters. The first-order valence-corrected chi connectivity index (χ1v) is 11.1. The van der Waals surface area contributed by atoms with Gasteiger partial charge in [-0.3, -0.25) is 0 Å². The molecule has 0 aromatic carbocycles. The van der Waals surface area contributed by atoms with E-state index in [2.05, 4.69) is 20.8 Å². The molecule has 0 N–H and O–H groups in total. The van der Waals surface area contributed by atoms with Crippen molar-refractivity contribution >= 4 is 28.1 Å². The minimum absolute atomic E-state index is 0.397. The van der Waals surface area contributed by atoms with Gasteiger partial charge in [0.05, 0.1) is 4.32 Å². The van der Waals surface area contributed by atoms with Crippen LogP contribution in [0.1, 0.15) is 117 Å². The van der Waals surface area contributed by atoms with E-state index in [9.17, 15) is 0 Å². The summed E-state index contributed by atoms with van der Waals surface area (Å²) in [6.45, 7) is 6.74. The Morgan fingerprint density at radius 3 is 1.48 bits per heavy atom. The monoisotopic (exact) mass is 360 g/mol. The summed E-state index contributed by atoms with van der Waals surface area (Å²) in [6.07, 6.45) is 21.0. The summed E-state index contributed by atoms with van der Waals surface area (Å²) >= 11 is 11.1. The second-order valence-corrected chi connectivity index (χ2v) is 8.36. The van der Waals surface area contributed by atoms with Gasteiger partial charge < -0.3 is 0 Å². The molecule has 0 rings (SSSR count). The number of unbranched alkanes of at least 4 members (excludes halogenated alkanes) is 12. The molecule has 0 aliphatic heterocycles. The molecular weight excluding hydrogens is 320 g/mol. The van der Waals surface area contributed by atoms with Crippen molar-refractivity contribution in [1.29, 1.82) is 0 Å². The summed E-state index contributed by atoms with van der Waals surface area (Å²) in [6, 6.07) is 0. The maximum absolute atomic E-state index is 5.99. The lowest BCUT2D eigenvalue weighted by atomic mass is 9.88. The van der Waals surface area contributed by atoms with Crippen molar-refractivity contribution < 1.29 is 0 Å². The van der Waals surface area contributed by atoms with Crippen molar-refractivity contribution in [1.82, 2.24) is 0 Å². The molecule has 0 radical (unpaired) electrons. The first-order chi connectivity index (χ1) is 11.1. The lowest BCUT2D eigenvalue weighted by molar-refractivity contribution is 0.382. The molecule has 0 bridgehead atoms. The Bertz CT molecular complexity index is 265. The molecule has 0 saturated heterocycles. The van der Waals surface area contributed by atoms with Gasteiger partial charge in [-0.25, -0.2) is 0 Å². The molecule has 2 heteroatoms. The van der Waals surface area contributed by atoms with E-state index in [-0.39, 0.29) is 0 Å². The van der Waals surface area contributed by atoms with Gasteiger partial charge in [0.25, 0.3) is 0 Å². The number of halogens is 1. The lowest BCUT2D eigenvalue weighted by Gasteiger charge is -2.20. The summed E-state index contributed by atoms with van der Waals surface area (Å²) in [5.41, 5.74) is 0. The fourth-order valence-corrected chi connectivity index (χ4v) is 3.79. The molecule has 0 aliphatic rings. The summed E-state index contributed by atoms with van der Waals surface area (Å²) in [4.78, 5) is 0. The summed E-state index contributed by atoms with van der Waals surface area (Å²) in [7, 11) is 0. The van der Waals surface area contributed by atoms with E-state index in [0.717, 1.165) is 0 Å². The minimum atomic E-state index is 0.397. The molecule has 0 saturated carbocycles. The van der Waals surface area contributed by atoms with Gasteiger partial charge >= 0.3 is 0 Å². The molecule has 0 heterocycles. The van der Waals surface area contributed by atoms with Crippen LogP contribution in [0.25, 0.3) is 0 Å². The molecule has 138 valence electrons. The number of thiocarbonyl (C=S) groups is 1. The Labute approximate surface area is 157 Å². The van der Waals surface area contributed by atoms with Gasteiger partial charge in [0.2, 0.25) is 0 Å². The van der Waals surface area contributed by atoms with Crippen molar-refractivity contribution in [3.8, 4) is 0 Å². The largest absolute Gasteiger partial charge is 0.0839 e. The third-order valence-electron chi connectivity index (χ3n) is 5.27. The van der Waals surface area contributed by atoms with Crippen LogP contribution in [-0.2, 0) is 0 Å². The smallest absolute Gasteiger partial charge is 0.0762 e. The first kappa shape index (κ1) is 23.4. The fraction of sp³-hybridized carbons (Fsp3) is 0.952. The Morgan fingerprint density at radius 1 is 0.739 bits per heavy atom. The minimum Gasteiger partial charge on any atom is -0.0762 e. The van der Waals surface area contributed by atoms with E-state index in [1.54, 1.807) is 0 Å². The van der Waals surface area contributed by atoms with Crippen LogP contribution in [0.5, 0.6) is 0 Å². The van der Waals surface area contributed by atoms with E-state index in [4.69, 9.17) is 23.8 Å². The predicted molar refractivity (Wildman–Crippen MR) is 112 cm³/mol. The highest BCUT2D eigenvalue weighted by Gasteiger charge is 2.17. The zero-order chi connectivity index (χ0) is 17.3. The average molecular weight is 361 g/mol.